The molecule has 1 unspecified atom stereocenters. The van der Waals surface area contributed by atoms with Gasteiger partial charge in [-0.1, -0.05) is 18.2 Å². The predicted molar refractivity (Wildman–Crippen MR) is 163 cm³/mol. The smallest absolute Gasteiger partial charge is 0.435 e. The van der Waals surface area contributed by atoms with Gasteiger partial charge in [-0.05, 0) is 93.7 Å². The molecule has 4 aromatic rings. The topological polar surface area (TPSA) is 101 Å². The summed E-state index contributed by atoms with van der Waals surface area (Å²) in [7, 11) is 1.97. The van der Waals surface area contributed by atoms with Crippen LogP contribution in [0.15, 0.2) is 73.1 Å². The van der Waals surface area contributed by atoms with Crippen LogP contribution < -0.4 is 10.6 Å². The van der Waals surface area contributed by atoms with E-state index >= 15 is 4.39 Å². The Morgan fingerprint density at radius 1 is 1.02 bits per heavy atom. The van der Waals surface area contributed by atoms with E-state index in [1.165, 1.54) is 24.3 Å². The zero-order valence-electron chi connectivity index (χ0n) is 25.7. The Kier molecular flexibility index (Phi) is 9.15. The maximum absolute atomic E-state index is 15.1. The average Bonchev–Trinajstić information content (AvgIpc) is 3.74. The van der Waals surface area contributed by atoms with E-state index in [2.05, 4.69) is 25.6 Å². The Labute approximate surface area is 263 Å². The van der Waals surface area contributed by atoms with Gasteiger partial charge >= 0.3 is 12.3 Å². The molecule has 2 heterocycles. The lowest BCUT2D eigenvalue weighted by atomic mass is 9.97. The summed E-state index contributed by atoms with van der Waals surface area (Å²) in [5.74, 6) is -1.75. The molecule has 0 radical (unpaired) electrons. The molecular weight excluding hydrogens is 604 g/mol. The molecule has 242 valence electrons. The third-order valence-corrected chi connectivity index (χ3v) is 7.33. The second-order valence-corrected chi connectivity index (χ2v) is 12.1. The summed E-state index contributed by atoms with van der Waals surface area (Å²) in [5, 5.41) is 8.72. The summed E-state index contributed by atoms with van der Waals surface area (Å²) < 4.78 is 62.6. The number of pyridine rings is 1. The molecule has 0 saturated heterocycles. The number of benzene rings is 2. The second-order valence-electron chi connectivity index (χ2n) is 12.1. The Balaban J connectivity index is 1.44. The number of hydrogen-bond acceptors (Lipinski definition) is 6. The van der Waals surface area contributed by atoms with E-state index in [1.54, 1.807) is 51.4 Å². The first-order chi connectivity index (χ1) is 21.7. The number of anilines is 1. The number of alkyl halides is 3. The number of aromatic nitrogens is 3. The van der Waals surface area contributed by atoms with E-state index in [0.717, 1.165) is 23.1 Å². The number of nitrogens with zero attached hydrogens (tertiary/aromatic N) is 4. The number of alkyl carbamates (subject to hydrolysis) is 1. The third-order valence-electron chi connectivity index (χ3n) is 7.33. The zero-order valence-corrected chi connectivity index (χ0v) is 25.7. The minimum absolute atomic E-state index is 0.00360. The van der Waals surface area contributed by atoms with E-state index in [9.17, 15) is 22.8 Å². The quantitative estimate of drug-likeness (QED) is 0.194. The third kappa shape index (κ3) is 7.89. The van der Waals surface area contributed by atoms with Crippen LogP contribution in [0.2, 0.25) is 0 Å². The van der Waals surface area contributed by atoms with Crippen LogP contribution in [-0.4, -0.2) is 50.4 Å². The standard InChI is InChI=1S/C33H34F4N6O3/c1-32(2,3)46-31(45)39-19-20-6-5-7-24(16-20)43-27(18-28(41-43)33(35,36)37)30(44)40-26-17-22(8-11-25(26)34)29(42(4)23-9-10-23)21-12-14-38-15-13-21/h5-8,11-18,23,29H,9-10,19H2,1-4H3,(H,39,45)(H,40,44). The first-order valence-electron chi connectivity index (χ1n) is 14.7. The molecule has 5 rings (SSSR count). The molecule has 1 fully saturated rings. The van der Waals surface area contributed by atoms with Crippen LogP contribution >= 0.6 is 0 Å². The van der Waals surface area contributed by atoms with E-state index in [0.29, 0.717) is 23.2 Å². The van der Waals surface area contributed by atoms with Crippen molar-refractivity contribution in [3.8, 4) is 5.69 Å². The molecule has 46 heavy (non-hydrogen) atoms. The molecule has 13 heteroatoms. The summed E-state index contributed by atoms with van der Waals surface area (Å²) in [6.07, 6.45) is -0.157. The number of nitrogens with one attached hydrogen (secondary N) is 2. The summed E-state index contributed by atoms with van der Waals surface area (Å²) in [5.41, 5.74) is -0.426. The number of ether oxygens (including phenoxy) is 1. The van der Waals surface area contributed by atoms with E-state index in [1.807, 2.05) is 19.2 Å². The molecule has 2 N–H and O–H groups in total. The molecule has 1 saturated carbocycles. The van der Waals surface area contributed by atoms with Crippen molar-refractivity contribution in [1.29, 1.82) is 0 Å². The van der Waals surface area contributed by atoms with Gasteiger partial charge in [0.25, 0.3) is 5.91 Å². The first-order valence-corrected chi connectivity index (χ1v) is 14.7. The number of hydrogen-bond donors (Lipinski definition) is 2. The maximum Gasteiger partial charge on any atom is 0.435 e. The lowest BCUT2D eigenvalue weighted by Crippen LogP contribution is -2.32. The summed E-state index contributed by atoms with van der Waals surface area (Å²) >= 11 is 0. The molecule has 9 nitrogen and oxygen atoms in total. The predicted octanol–water partition coefficient (Wildman–Crippen LogP) is 6.89. The van der Waals surface area contributed by atoms with Crippen molar-refractivity contribution in [2.45, 2.75) is 64.0 Å². The highest BCUT2D eigenvalue weighted by atomic mass is 19.4. The molecule has 0 bridgehead atoms. The van der Waals surface area contributed by atoms with Crippen LogP contribution in [0.5, 0.6) is 0 Å². The average molecular weight is 639 g/mol. The van der Waals surface area contributed by atoms with Crippen molar-refractivity contribution >= 4 is 17.7 Å². The monoisotopic (exact) mass is 638 g/mol. The number of halogens is 4. The van der Waals surface area contributed by atoms with Gasteiger partial charge in [0.1, 0.15) is 17.1 Å². The highest BCUT2D eigenvalue weighted by Crippen LogP contribution is 2.38. The van der Waals surface area contributed by atoms with Gasteiger partial charge in [0.15, 0.2) is 5.69 Å². The summed E-state index contributed by atoms with van der Waals surface area (Å²) in [4.78, 5) is 31.9. The van der Waals surface area contributed by atoms with Crippen molar-refractivity contribution < 1.29 is 31.9 Å². The SMILES string of the molecule is CN(C1CC1)C(c1ccncc1)c1ccc(F)c(NC(=O)c2cc(C(F)(F)F)nn2-c2cccc(CNC(=O)OC(C)(C)C)c2)c1. The van der Waals surface area contributed by atoms with Crippen molar-refractivity contribution in [3.63, 3.8) is 0 Å². The molecule has 1 aliphatic rings. The molecule has 2 aromatic heterocycles. The lowest BCUT2D eigenvalue weighted by Gasteiger charge is -2.29. The van der Waals surface area contributed by atoms with Crippen LogP contribution in [0.3, 0.4) is 0 Å². The van der Waals surface area contributed by atoms with Crippen molar-refractivity contribution in [3.05, 3.63) is 107 Å². The fraction of sp³-hybridized carbons (Fsp3) is 0.333. The van der Waals surface area contributed by atoms with E-state index in [-0.39, 0.29) is 24.0 Å². The molecular formula is C33H34F4N6O3. The van der Waals surface area contributed by atoms with Gasteiger partial charge < -0.3 is 15.4 Å². The van der Waals surface area contributed by atoms with Gasteiger partial charge in [-0.15, -0.1) is 0 Å². The first kappa shape index (κ1) is 32.6. The molecule has 2 amide bonds. The number of carbonyl (C=O) groups excluding carboxylic acids is 2. The van der Waals surface area contributed by atoms with Gasteiger partial charge in [0.05, 0.1) is 17.4 Å². The second kappa shape index (κ2) is 12.9. The van der Waals surface area contributed by atoms with Crippen molar-refractivity contribution in [1.82, 2.24) is 25.0 Å². The fourth-order valence-electron chi connectivity index (χ4n) is 5.06. The Bertz CT molecular complexity index is 1710. The van der Waals surface area contributed by atoms with Crippen LogP contribution in [0.25, 0.3) is 5.69 Å². The minimum atomic E-state index is -4.85. The van der Waals surface area contributed by atoms with Crippen LogP contribution in [0.4, 0.5) is 28.0 Å². The van der Waals surface area contributed by atoms with E-state index < -0.39 is 41.0 Å². The molecule has 0 spiro atoms. The van der Waals surface area contributed by atoms with Gasteiger partial charge in [-0.25, -0.2) is 13.9 Å². The Hall–Kier alpha value is -4.78. The largest absolute Gasteiger partial charge is 0.444 e. The Morgan fingerprint density at radius 3 is 2.39 bits per heavy atom. The highest BCUT2D eigenvalue weighted by Gasteiger charge is 2.37. The lowest BCUT2D eigenvalue weighted by molar-refractivity contribution is -0.141. The minimum Gasteiger partial charge on any atom is -0.444 e. The maximum atomic E-state index is 15.1. The summed E-state index contributed by atoms with van der Waals surface area (Å²) in [6.45, 7) is 5.14. The van der Waals surface area contributed by atoms with E-state index in [4.69, 9.17) is 4.74 Å². The van der Waals surface area contributed by atoms with Gasteiger partial charge in [-0.2, -0.15) is 18.3 Å². The molecule has 0 aliphatic heterocycles. The Morgan fingerprint density at radius 2 is 1.74 bits per heavy atom. The van der Waals surface area contributed by atoms with Gasteiger partial charge in [0.2, 0.25) is 0 Å². The number of amides is 2. The number of carbonyl (C=O) groups is 2. The van der Waals surface area contributed by atoms with Crippen LogP contribution in [0.1, 0.15) is 72.5 Å². The summed E-state index contributed by atoms with van der Waals surface area (Å²) in [6, 6.07) is 14.9. The van der Waals surface area contributed by atoms with Gasteiger partial charge in [-0.3, -0.25) is 14.7 Å². The van der Waals surface area contributed by atoms with Gasteiger partial charge in [0, 0.05) is 31.0 Å². The normalized spacial score (nSPS) is 14.2. The van der Waals surface area contributed by atoms with Crippen molar-refractivity contribution in [2.24, 2.45) is 0 Å². The zero-order chi connectivity index (χ0) is 33.2. The van der Waals surface area contributed by atoms with Crippen LogP contribution in [0, 0.1) is 5.82 Å². The molecule has 1 aliphatic carbocycles. The highest BCUT2D eigenvalue weighted by molar-refractivity contribution is 6.03. The molecule has 1 atom stereocenters. The molecule has 2 aromatic carbocycles. The fourth-order valence-corrected chi connectivity index (χ4v) is 5.06. The van der Waals surface area contributed by atoms with Crippen LogP contribution in [-0.2, 0) is 17.5 Å². The van der Waals surface area contributed by atoms with Crippen molar-refractivity contribution in [2.75, 3.05) is 12.4 Å². The number of rotatable bonds is 9.